The quantitative estimate of drug-likeness (QED) is 0.453. The van der Waals surface area contributed by atoms with Crippen molar-refractivity contribution in [1.29, 1.82) is 0 Å². The molecule has 3 N–H and O–H groups in total. The lowest BCUT2D eigenvalue weighted by atomic mass is 10.1. The number of likely N-dealkylation sites (tertiary alicyclic amines) is 1. The SMILES string of the molecule is CCC1\C=C(c2cnn3c2C(=O)NCC3C)/N=C\C(C)=C(/C(=O)Nc2cc(NC(=O)CN3CCCCC3)cnc2C)C=N1. The molecule has 5 heterocycles. The Morgan fingerprint density at radius 2 is 1.88 bits per heavy atom. The van der Waals surface area contributed by atoms with Gasteiger partial charge in [0, 0.05) is 19.0 Å². The van der Waals surface area contributed by atoms with Gasteiger partial charge in [-0.25, -0.2) is 0 Å². The number of piperidine rings is 1. The Balaban J connectivity index is 1.36. The van der Waals surface area contributed by atoms with Gasteiger partial charge in [-0.05, 0) is 70.8 Å². The molecule has 2 unspecified atom stereocenters. The molecule has 0 saturated carbocycles. The fourth-order valence-corrected chi connectivity index (χ4v) is 5.36. The number of fused-ring (bicyclic) bond motifs is 1. The minimum Gasteiger partial charge on any atom is -0.349 e. The van der Waals surface area contributed by atoms with Crippen LogP contribution < -0.4 is 16.0 Å². The van der Waals surface area contributed by atoms with Crippen LogP contribution in [0.4, 0.5) is 11.4 Å². The van der Waals surface area contributed by atoms with Gasteiger partial charge in [-0.15, -0.1) is 0 Å². The van der Waals surface area contributed by atoms with Crippen LogP contribution in [-0.2, 0) is 9.59 Å². The normalized spacial score (nSPS) is 24.5. The predicted molar refractivity (Wildman–Crippen MR) is 168 cm³/mol. The van der Waals surface area contributed by atoms with E-state index in [4.69, 9.17) is 9.98 Å². The number of aryl methyl sites for hydroxylation is 1. The maximum atomic E-state index is 13.6. The number of allylic oxidation sites excluding steroid dienone is 1. The zero-order chi connectivity index (χ0) is 30.5. The number of amides is 3. The molecule has 0 spiro atoms. The minimum absolute atomic E-state index is 0.0266. The van der Waals surface area contributed by atoms with Gasteiger partial charge >= 0.3 is 0 Å². The van der Waals surface area contributed by atoms with Crippen LogP contribution in [0.2, 0.25) is 0 Å². The molecule has 0 aliphatic carbocycles. The largest absolute Gasteiger partial charge is 0.349 e. The maximum Gasteiger partial charge on any atom is 0.270 e. The van der Waals surface area contributed by atoms with E-state index in [2.05, 4.69) is 30.9 Å². The molecule has 1 saturated heterocycles. The fourth-order valence-electron chi connectivity index (χ4n) is 5.36. The lowest BCUT2D eigenvalue weighted by molar-refractivity contribution is -0.117. The van der Waals surface area contributed by atoms with Crippen molar-refractivity contribution in [1.82, 2.24) is 25.0 Å². The molecule has 3 aliphatic heterocycles. The average Bonchev–Trinajstić information content (AvgIpc) is 3.47. The van der Waals surface area contributed by atoms with E-state index in [1.807, 2.05) is 19.9 Å². The molecular formula is C31H39N9O3. The Labute approximate surface area is 251 Å². The van der Waals surface area contributed by atoms with Crippen molar-refractivity contribution in [2.45, 2.75) is 65.5 Å². The van der Waals surface area contributed by atoms with Crippen LogP contribution in [0.15, 0.2) is 45.7 Å². The van der Waals surface area contributed by atoms with Crippen molar-refractivity contribution >= 4 is 47.2 Å². The molecule has 2 atom stereocenters. The summed E-state index contributed by atoms with van der Waals surface area (Å²) in [5, 5.41) is 13.2. The molecular weight excluding hydrogens is 546 g/mol. The van der Waals surface area contributed by atoms with Crippen molar-refractivity contribution in [2.24, 2.45) is 9.98 Å². The van der Waals surface area contributed by atoms with Gasteiger partial charge in [0.1, 0.15) is 5.69 Å². The van der Waals surface area contributed by atoms with Crippen LogP contribution in [0, 0.1) is 6.92 Å². The summed E-state index contributed by atoms with van der Waals surface area (Å²) in [5.74, 6) is -0.674. The molecule has 1 fully saturated rings. The van der Waals surface area contributed by atoms with Gasteiger partial charge in [-0.2, -0.15) is 5.10 Å². The van der Waals surface area contributed by atoms with Crippen LogP contribution in [0.25, 0.3) is 5.70 Å². The number of aromatic nitrogens is 3. The number of nitrogens with zero attached hydrogens (tertiary/aromatic N) is 6. The number of carbonyl (C=O) groups is 3. The molecule has 0 bridgehead atoms. The third-order valence-electron chi connectivity index (χ3n) is 7.93. The van der Waals surface area contributed by atoms with Crippen molar-refractivity contribution in [3.63, 3.8) is 0 Å². The Kier molecular flexibility index (Phi) is 9.24. The first-order valence-electron chi connectivity index (χ1n) is 14.9. The summed E-state index contributed by atoms with van der Waals surface area (Å²) >= 11 is 0. The highest BCUT2D eigenvalue weighted by Crippen LogP contribution is 2.27. The van der Waals surface area contributed by atoms with Crippen molar-refractivity contribution in [3.05, 3.63) is 52.6 Å². The van der Waals surface area contributed by atoms with Crippen LogP contribution in [-0.4, -0.2) is 82.0 Å². The van der Waals surface area contributed by atoms with Crippen molar-refractivity contribution in [3.8, 4) is 0 Å². The van der Waals surface area contributed by atoms with E-state index in [1.165, 1.54) is 6.42 Å². The maximum absolute atomic E-state index is 13.6. The number of hydrogen-bond acceptors (Lipinski definition) is 8. The molecule has 2 aromatic heterocycles. The van der Waals surface area contributed by atoms with E-state index >= 15 is 0 Å². The standard InChI is InChI=1S/C31H39N9O3/c1-5-22-11-27(25-17-36-40-20(3)14-35-31(43)29(25)40)34-13-19(2)24(16-33-22)30(42)38-26-12-23(15-32-21(26)4)37-28(41)18-39-9-7-6-8-10-39/h11-13,15-17,20,22H,5-10,14,18H2,1-4H3,(H,35,43)(H,37,41)(H,38,42)/b24-19-,27-11-,33-16?,34-13-. The topological polar surface area (TPSA) is 146 Å². The zero-order valence-electron chi connectivity index (χ0n) is 25.2. The number of pyridine rings is 1. The van der Waals surface area contributed by atoms with Gasteiger partial charge in [-0.1, -0.05) is 13.3 Å². The monoisotopic (exact) mass is 585 g/mol. The molecule has 226 valence electrons. The number of anilines is 2. The lowest BCUT2D eigenvalue weighted by Crippen LogP contribution is -2.38. The number of aliphatic imine (C=N–C) groups is 2. The second-order valence-electron chi connectivity index (χ2n) is 11.3. The molecule has 3 aliphatic rings. The predicted octanol–water partition coefficient (Wildman–Crippen LogP) is 3.55. The van der Waals surface area contributed by atoms with E-state index in [-0.39, 0.29) is 29.8 Å². The first-order chi connectivity index (χ1) is 20.7. The summed E-state index contributed by atoms with van der Waals surface area (Å²) in [4.78, 5) is 54.9. The molecule has 3 amide bonds. The molecule has 43 heavy (non-hydrogen) atoms. The Hall–Kier alpha value is -4.45. The first kappa shape index (κ1) is 30.0. The van der Waals surface area contributed by atoms with Crippen LogP contribution in [0.1, 0.15) is 74.2 Å². The smallest absolute Gasteiger partial charge is 0.270 e. The molecule has 12 heteroatoms. The van der Waals surface area contributed by atoms with E-state index in [1.54, 1.807) is 49.4 Å². The second kappa shape index (κ2) is 13.2. The van der Waals surface area contributed by atoms with Gasteiger partial charge in [0.2, 0.25) is 5.91 Å². The van der Waals surface area contributed by atoms with Gasteiger partial charge in [-0.3, -0.25) is 38.9 Å². The lowest BCUT2D eigenvalue weighted by Gasteiger charge is -2.25. The summed E-state index contributed by atoms with van der Waals surface area (Å²) in [6, 6.07) is 1.47. The number of rotatable bonds is 7. The Bertz CT molecular complexity index is 1530. The highest BCUT2D eigenvalue weighted by molar-refractivity contribution is 6.21. The average molecular weight is 586 g/mol. The van der Waals surface area contributed by atoms with Gasteiger partial charge in [0.25, 0.3) is 11.8 Å². The molecule has 0 aromatic carbocycles. The highest BCUT2D eigenvalue weighted by Gasteiger charge is 2.28. The number of hydrogen-bond donors (Lipinski definition) is 3. The van der Waals surface area contributed by atoms with Gasteiger partial charge < -0.3 is 16.0 Å². The number of carbonyl (C=O) groups excluding carboxylic acids is 3. The van der Waals surface area contributed by atoms with E-state index in [9.17, 15) is 14.4 Å². The summed E-state index contributed by atoms with van der Waals surface area (Å²) in [5.41, 5.74) is 4.22. The third-order valence-corrected chi connectivity index (χ3v) is 7.93. The van der Waals surface area contributed by atoms with E-state index in [0.717, 1.165) is 25.9 Å². The van der Waals surface area contributed by atoms with Gasteiger partial charge in [0.15, 0.2) is 0 Å². The second-order valence-corrected chi connectivity index (χ2v) is 11.3. The van der Waals surface area contributed by atoms with Crippen LogP contribution in [0.3, 0.4) is 0 Å². The molecule has 2 aromatic rings. The summed E-state index contributed by atoms with van der Waals surface area (Å²) in [7, 11) is 0. The van der Waals surface area contributed by atoms with Crippen LogP contribution >= 0.6 is 0 Å². The first-order valence-corrected chi connectivity index (χ1v) is 14.9. The zero-order valence-corrected chi connectivity index (χ0v) is 25.2. The van der Waals surface area contributed by atoms with Crippen LogP contribution in [0.5, 0.6) is 0 Å². The highest BCUT2D eigenvalue weighted by atomic mass is 16.2. The summed E-state index contributed by atoms with van der Waals surface area (Å²) in [6.07, 6.45) is 12.4. The Morgan fingerprint density at radius 3 is 2.65 bits per heavy atom. The van der Waals surface area contributed by atoms with E-state index in [0.29, 0.717) is 64.7 Å². The molecule has 12 nitrogen and oxygen atoms in total. The summed E-state index contributed by atoms with van der Waals surface area (Å²) < 4.78 is 1.73. The Morgan fingerprint density at radius 1 is 1.09 bits per heavy atom. The van der Waals surface area contributed by atoms with Crippen molar-refractivity contribution < 1.29 is 14.4 Å². The molecule has 0 radical (unpaired) electrons. The fraction of sp³-hybridized carbons (Fsp3) is 0.452. The molecule has 5 rings (SSSR count). The number of nitrogens with one attached hydrogen (secondary N) is 3. The van der Waals surface area contributed by atoms with Crippen molar-refractivity contribution in [2.75, 3.05) is 36.8 Å². The minimum atomic E-state index is -0.371. The van der Waals surface area contributed by atoms with E-state index < -0.39 is 0 Å². The van der Waals surface area contributed by atoms with Gasteiger partial charge in [0.05, 0.1) is 64.9 Å². The third kappa shape index (κ3) is 6.96. The summed E-state index contributed by atoms with van der Waals surface area (Å²) in [6.45, 7) is 10.3.